The third kappa shape index (κ3) is 5.17. The van der Waals surface area contributed by atoms with E-state index in [1.807, 2.05) is 23.1 Å². The fourth-order valence-electron chi connectivity index (χ4n) is 4.35. The summed E-state index contributed by atoms with van der Waals surface area (Å²) in [6.45, 7) is 3.55. The van der Waals surface area contributed by atoms with Gasteiger partial charge in [-0.05, 0) is 31.4 Å². The zero-order chi connectivity index (χ0) is 20.1. The van der Waals surface area contributed by atoms with Gasteiger partial charge in [0.15, 0.2) is 0 Å². The van der Waals surface area contributed by atoms with Crippen LogP contribution in [0.4, 0.5) is 0 Å². The minimum atomic E-state index is 0.164. The molecule has 2 aromatic rings. The zero-order valence-electron chi connectivity index (χ0n) is 17.3. The first-order valence-corrected chi connectivity index (χ1v) is 11.0. The number of hydrogen-bond donors (Lipinski definition) is 0. The van der Waals surface area contributed by atoms with E-state index in [2.05, 4.69) is 23.2 Å². The Morgan fingerprint density at radius 2 is 1.86 bits per heavy atom. The van der Waals surface area contributed by atoms with Crippen LogP contribution in [0.5, 0.6) is 5.75 Å². The van der Waals surface area contributed by atoms with Gasteiger partial charge in [-0.2, -0.15) is 0 Å². The summed E-state index contributed by atoms with van der Waals surface area (Å²) < 4.78 is 12.0. The predicted octanol–water partition coefficient (Wildman–Crippen LogP) is 4.43. The van der Waals surface area contributed by atoms with E-state index in [0.717, 1.165) is 56.0 Å². The molecule has 2 fully saturated rings. The molecule has 0 radical (unpaired) electrons. The zero-order valence-corrected chi connectivity index (χ0v) is 17.3. The molecule has 1 saturated carbocycles. The summed E-state index contributed by atoms with van der Waals surface area (Å²) in [5.41, 5.74) is 1.15. The van der Waals surface area contributed by atoms with Crippen molar-refractivity contribution in [3.05, 3.63) is 41.6 Å². The van der Waals surface area contributed by atoms with Gasteiger partial charge in [-0.3, -0.25) is 4.79 Å². The van der Waals surface area contributed by atoms with Gasteiger partial charge in [0, 0.05) is 44.7 Å². The number of ether oxygens (including phenoxy) is 1. The van der Waals surface area contributed by atoms with Crippen LogP contribution in [0.1, 0.15) is 74.6 Å². The quantitative estimate of drug-likeness (QED) is 0.721. The summed E-state index contributed by atoms with van der Waals surface area (Å²) in [6.07, 6.45) is 8.93. The number of amides is 1. The number of carbonyl (C=O) groups is 1. The molecule has 1 aromatic heterocycles. The molecule has 2 aliphatic rings. The largest absolute Gasteiger partial charge is 0.490 e. The van der Waals surface area contributed by atoms with E-state index in [9.17, 15) is 4.79 Å². The molecule has 6 heteroatoms. The summed E-state index contributed by atoms with van der Waals surface area (Å²) in [5, 5.41) is 8.40. The maximum atomic E-state index is 12.6. The van der Waals surface area contributed by atoms with Crippen molar-refractivity contribution in [1.29, 1.82) is 0 Å². The molecular weight excluding hydrogens is 366 g/mol. The highest BCUT2D eigenvalue weighted by Gasteiger charge is 2.25. The van der Waals surface area contributed by atoms with E-state index in [1.54, 1.807) is 0 Å². The molecule has 0 bridgehead atoms. The first-order chi connectivity index (χ1) is 14.2. The maximum Gasteiger partial charge on any atom is 0.223 e. The molecule has 0 N–H and O–H groups in total. The second kappa shape index (κ2) is 9.42. The molecule has 0 atom stereocenters. The molecule has 156 valence electrons. The van der Waals surface area contributed by atoms with Crippen LogP contribution in [-0.4, -0.2) is 40.2 Å². The van der Waals surface area contributed by atoms with E-state index in [0.29, 0.717) is 24.7 Å². The van der Waals surface area contributed by atoms with Crippen molar-refractivity contribution in [3.8, 4) is 5.75 Å². The van der Waals surface area contributed by atoms with Gasteiger partial charge in [-0.15, -0.1) is 10.2 Å². The topological polar surface area (TPSA) is 68.5 Å². The highest BCUT2D eigenvalue weighted by molar-refractivity contribution is 5.76. The summed E-state index contributed by atoms with van der Waals surface area (Å²) in [6, 6.07) is 8.09. The third-order valence-corrected chi connectivity index (χ3v) is 6.17. The molecule has 1 amide bonds. The van der Waals surface area contributed by atoms with Crippen LogP contribution >= 0.6 is 0 Å². The van der Waals surface area contributed by atoms with Crippen LogP contribution < -0.4 is 4.74 Å². The lowest BCUT2D eigenvalue weighted by Gasteiger charge is -2.32. The molecule has 2 heterocycles. The SMILES string of the molecule is Cc1ccccc1OC1CCN(C(=O)CCc2nnc(C3CCCCC3)o2)CC1. The molecule has 0 spiro atoms. The fourth-order valence-corrected chi connectivity index (χ4v) is 4.35. The monoisotopic (exact) mass is 397 g/mol. The van der Waals surface area contributed by atoms with Crippen molar-refractivity contribution in [1.82, 2.24) is 15.1 Å². The predicted molar refractivity (Wildman–Crippen MR) is 110 cm³/mol. The number of hydrogen-bond acceptors (Lipinski definition) is 5. The first kappa shape index (κ1) is 19.9. The van der Waals surface area contributed by atoms with E-state index in [-0.39, 0.29) is 12.0 Å². The standard InChI is InChI=1S/C23H31N3O3/c1-17-7-5-6-10-20(17)28-19-13-15-26(16-14-19)22(27)12-11-21-24-25-23(29-21)18-8-3-2-4-9-18/h5-7,10,18-19H,2-4,8-9,11-16H2,1H3. The number of carbonyl (C=O) groups excluding carboxylic acids is 1. The average molecular weight is 398 g/mol. The van der Waals surface area contributed by atoms with E-state index >= 15 is 0 Å². The average Bonchev–Trinajstić information content (AvgIpc) is 3.24. The van der Waals surface area contributed by atoms with Crippen LogP contribution in [0.2, 0.25) is 0 Å². The van der Waals surface area contributed by atoms with Crippen molar-refractivity contribution < 1.29 is 13.9 Å². The Hall–Kier alpha value is -2.37. The second-order valence-corrected chi connectivity index (χ2v) is 8.33. The van der Waals surface area contributed by atoms with Gasteiger partial charge >= 0.3 is 0 Å². The number of piperidine rings is 1. The number of nitrogens with zero attached hydrogens (tertiary/aromatic N) is 3. The van der Waals surface area contributed by atoms with Gasteiger partial charge in [-0.25, -0.2) is 0 Å². The van der Waals surface area contributed by atoms with Crippen molar-refractivity contribution in [2.75, 3.05) is 13.1 Å². The van der Waals surface area contributed by atoms with Gasteiger partial charge in [0.2, 0.25) is 17.7 Å². The van der Waals surface area contributed by atoms with Crippen LogP contribution in [0.15, 0.2) is 28.7 Å². The van der Waals surface area contributed by atoms with Crippen LogP contribution in [0.25, 0.3) is 0 Å². The molecule has 1 aliphatic carbocycles. The minimum Gasteiger partial charge on any atom is -0.490 e. The highest BCUT2D eigenvalue weighted by Crippen LogP contribution is 2.31. The molecular formula is C23H31N3O3. The Bertz CT molecular complexity index is 805. The summed E-state index contributed by atoms with van der Waals surface area (Å²) in [5.74, 6) is 2.88. The number of benzene rings is 1. The number of para-hydroxylation sites is 1. The highest BCUT2D eigenvalue weighted by atomic mass is 16.5. The molecule has 4 rings (SSSR count). The summed E-state index contributed by atoms with van der Waals surface area (Å²) >= 11 is 0. The molecule has 1 saturated heterocycles. The first-order valence-electron chi connectivity index (χ1n) is 11.0. The third-order valence-electron chi connectivity index (χ3n) is 6.17. The summed E-state index contributed by atoms with van der Waals surface area (Å²) in [7, 11) is 0. The van der Waals surface area contributed by atoms with Gasteiger partial charge in [0.1, 0.15) is 11.9 Å². The van der Waals surface area contributed by atoms with Gasteiger partial charge in [0.25, 0.3) is 0 Å². The lowest BCUT2D eigenvalue weighted by molar-refractivity contribution is -0.133. The number of rotatable bonds is 6. The Kier molecular flexibility index (Phi) is 6.47. The van der Waals surface area contributed by atoms with Gasteiger partial charge in [-0.1, -0.05) is 37.5 Å². The Labute approximate surface area is 172 Å². The lowest BCUT2D eigenvalue weighted by atomic mass is 9.89. The Balaban J connectivity index is 1.21. The van der Waals surface area contributed by atoms with Crippen molar-refractivity contribution in [2.24, 2.45) is 0 Å². The smallest absolute Gasteiger partial charge is 0.223 e. The van der Waals surface area contributed by atoms with E-state index in [4.69, 9.17) is 9.15 Å². The molecule has 1 aromatic carbocycles. The molecule has 1 aliphatic heterocycles. The lowest BCUT2D eigenvalue weighted by Crippen LogP contribution is -2.41. The molecule has 6 nitrogen and oxygen atoms in total. The Morgan fingerprint density at radius 3 is 2.62 bits per heavy atom. The summed E-state index contributed by atoms with van der Waals surface area (Å²) in [4.78, 5) is 14.5. The van der Waals surface area contributed by atoms with Crippen molar-refractivity contribution in [3.63, 3.8) is 0 Å². The molecule has 29 heavy (non-hydrogen) atoms. The number of aromatic nitrogens is 2. The van der Waals surface area contributed by atoms with Crippen LogP contribution in [0.3, 0.4) is 0 Å². The number of aryl methyl sites for hydroxylation is 2. The maximum absolute atomic E-state index is 12.6. The van der Waals surface area contributed by atoms with Crippen molar-refractivity contribution >= 4 is 5.91 Å². The van der Waals surface area contributed by atoms with Gasteiger partial charge < -0.3 is 14.1 Å². The van der Waals surface area contributed by atoms with Gasteiger partial charge in [0.05, 0.1) is 0 Å². The second-order valence-electron chi connectivity index (χ2n) is 8.33. The van der Waals surface area contributed by atoms with E-state index in [1.165, 1.54) is 19.3 Å². The Morgan fingerprint density at radius 1 is 1.10 bits per heavy atom. The minimum absolute atomic E-state index is 0.164. The van der Waals surface area contributed by atoms with E-state index < -0.39 is 0 Å². The fraction of sp³-hybridized carbons (Fsp3) is 0.609. The normalized spacial score (nSPS) is 18.7. The van der Waals surface area contributed by atoms with Crippen LogP contribution in [0, 0.1) is 6.92 Å². The number of likely N-dealkylation sites (tertiary alicyclic amines) is 1. The van der Waals surface area contributed by atoms with Crippen LogP contribution in [-0.2, 0) is 11.2 Å². The van der Waals surface area contributed by atoms with Crippen molar-refractivity contribution in [2.45, 2.75) is 76.7 Å². The molecule has 0 unspecified atom stereocenters.